The molecule has 0 N–H and O–H groups in total. The topological polar surface area (TPSA) is 35.5 Å². The number of carbonyl (C=O) groups is 1. The molecule has 3 nitrogen and oxygen atoms in total. The number of hydrogen-bond acceptors (Lipinski definition) is 3. The first-order valence-corrected chi connectivity index (χ1v) is 4.83. The number of methoxy groups -OCH3 is 1. The van der Waals surface area contributed by atoms with Crippen LogP contribution in [-0.2, 0) is 14.3 Å². The fraction of sp³-hybridized carbons (Fsp3) is 0.900. The highest BCUT2D eigenvalue weighted by atomic mass is 16.5. The molecule has 0 radical (unpaired) electrons. The SMILES string of the molecule is COCCCOCCCCC(C)=O. The molecule has 0 aliphatic heterocycles. The van der Waals surface area contributed by atoms with Gasteiger partial charge in [0.05, 0.1) is 0 Å². The van der Waals surface area contributed by atoms with Gasteiger partial charge >= 0.3 is 0 Å². The molecular weight excluding hydrogens is 168 g/mol. The van der Waals surface area contributed by atoms with Crippen molar-refractivity contribution in [1.82, 2.24) is 0 Å². The van der Waals surface area contributed by atoms with Gasteiger partial charge in [-0.15, -0.1) is 0 Å². The monoisotopic (exact) mass is 188 g/mol. The molecule has 0 fully saturated rings. The average Bonchev–Trinajstić information content (AvgIpc) is 2.09. The van der Waals surface area contributed by atoms with Crippen molar-refractivity contribution in [2.45, 2.75) is 32.6 Å². The van der Waals surface area contributed by atoms with E-state index in [2.05, 4.69) is 0 Å². The lowest BCUT2D eigenvalue weighted by molar-refractivity contribution is -0.117. The van der Waals surface area contributed by atoms with Crippen molar-refractivity contribution in [3.63, 3.8) is 0 Å². The van der Waals surface area contributed by atoms with E-state index in [-0.39, 0.29) is 5.78 Å². The quantitative estimate of drug-likeness (QED) is 0.517. The molecule has 0 rings (SSSR count). The summed E-state index contributed by atoms with van der Waals surface area (Å²) in [5, 5.41) is 0. The van der Waals surface area contributed by atoms with Crippen LogP contribution >= 0.6 is 0 Å². The number of ether oxygens (including phenoxy) is 2. The molecule has 13 heavy (non-hydrogen) atoms. The Bertz CT molecular complexity index is 123. The van der Waals surface area contributed by atoms with Crippen molar-refractivity contribution < 1.29 is 14.3 Å². The first-order chi connectivity index (χ1) is 6.27. The maximum atomic E-state index is 10.6. The van der Waals surface area contributed by atoms with Crippen molar-refractivity contribution in [2.75, 3.05) is 26.9 Å². The zero-order chi connectivity index (χ0) is 9.94. The van der Waals surface area contributed by atoms with E-state index in [1.165, 1.54) is 0 Å². The van der Waals surface area contributed by atoms with E-state index in [9.17, 15) is 4.79 Å². The average molecular weight is 188 g/mol. The summed E-state index contributed by atoms with van der Waals surface area (Å²) in [5.41, 5.74) is 0. The molecule has 0 spiro atoms. The number of ketones is 1. The third-order valence-corrected chi connectivity index (χ3v) is 1.70. The van der Waals surface area contributed by atoms with Gasteiger partial charge in [0.25, 0.3) is 0 Å². The van der Waals surface area contributed by atoms with Crippen molar-refractivity contribution >= 4 is 5.78 Å². The molecule has 0 aliphatic carbocycles. The number of unbranched alkanes of at least 4 members (excludes halogenated alkanes) is 1. The van der Waals surface area contributed by atoms with Crippen LogP contribution in [0, 0.1) is 0 Å². The van der Waals surface area contributed by atoms with Crippen LogP contribution < -0.4 is 0 Å². The Morgan fingerprint density at radius 2 is 1.77 bits per heavy atom. The minimum Gasteiger partial charge on any atom is -0.385 e. The van der Waals surface area contributed by atoms with Crippen molar-refractivity contribution in [3.8, 4) is 0 Å². The molecule has 3 heteroatoms. The van der Waals surface area contributed by atoms with Gasteiger partial charge in [0.2, 0.25) is 0 Å². The summed E-state index contributed by atoms with van der Waals surface area (Å²) in [6, 6.07) is 0. The van der Waals surface area contributed by atoms with Crippen LogP contribution in [-0.4, -0.2) is 32.7 Å². The number of hydrogen-bond donors (Lipinski definition) is 0. The highest BCUT2D eigenvalue weighted by Crippen LogP contribution is 1.96. The molecule has 0 saturated heterocycles. The molecule has 0 atom stereocenters. The molecular formula is C10H20O3. The molecule has 0 aromatic rings. The lowest BCUT2D eigenvalue weighted by atomic mass is 10.2. The van der Waals surface area contributed by atoms with Crippen molar-refractivity contribution in [1.29, 1.82) is 0 Å². The van der Waals surface area contributed by atoms with Gasteiger partial charge in [-0.1, -0.05) is 0 Å². The van der Waals surface area contributed by atoms with Crippen molar-refractivity contribution in [2.24, 2.45) is 0 Å². The summed E-state index contributed by atoms with van der Waals surface area (Å²) < 4.78 is 10.2. The van der Waals surface area contributed by atoms with Gasteiger partial charge in [-0.3, -0.25) is 0 Å². The fourth-order valence-electron chi connectivity index (χ4n) is 0.985. The third kappa shape index (κ3) is 11.6. The highest BCUT2D eigenvalue weighted by molar-refractivity contribution is 5.75. The summed E-state index contributed by atoms with van der Waals surface area (Å²) in [6.45, 7) is 3.90. The first-order valence-electron chi connectivity index (χ1n) is 4.83. The molecule has 0 saturated carbocycles. The lowest BCUT2D eigenvalue weighted by Gasteiger charge is -2.02. The second-order valence-electron chi connectivity index (χ2n) is 3.12. The molecule has 0 aromatic heterocycles. The Hall–Kier alpha value is -0.410. The smallest absolute Gasteiger partial charge is 0.129 e. The maximum absolute atomic E-state index is 10.6. The molecule has 0 amide bonds. The summed E-state index contributed by atoms with van der Waals surface area (Å²) >= 11 is 0. The van der Waals surface area contributed by atoms with E-state index in [0.717, 1.165) is 39.1 Å². The predicted octanol–water partition coefficient (Wildman–Crippen LogP) is 1.80. The van der Waals surface area contributed by atoms with Crippen LogP contribution in [0.2, 0.25) is 0 Å². The Balaban J connectivity index is 2.87. The zero-order valence-corrected chi connectivity index (χ0v) is 8.67. The lowest BCUT2D eigenvalue weighted by Crippen LogP contribution is -2.01. The fourth-order valence-corrected chi connectivity index (χ4v) is 0.985. The van der Waals surface area contributed by atoms with Gasteiger partial charge in [-0.2, -0.15) is 0 Å². The van der Waals surface area contributed by atoms with E-state index < -0.39 is 0 Å². The Kier molecular flexibility index (Phi) is 9.37. The van der Waals surface area contributed by atoms with E-state index >= 15 is 0 Å². The van der Waals surface area contributed by atoms with E-state index in [0.29, 0.717) is 6.42 Å². The Labute approximate surface area is 80.4 Å². The normalized spacial score (nSPS) is 10.3. The molecule has 78 valence electrons. The van der Waals surface area contributed by atoms with E-state index in [4.69, 9.17) is 9.47 Å². The van der Waals surface area contributed by atoms with Gasteiger partial charge < -0.3 is 14.3 Å². The molecule has 0 aromatic carbocycles. The summed E-state index contributed by atoms with van der Waals surface area (Å²) in [4.78, 5) is 10.6. The van der Waals surface area contributed by atoms with Crippen LogP contribution in [0.5, 0.6) is 0 Å². The van der Waals surface area contributed by atoms with Gasteiger partial charge in [0.15, 0.2) is 0 Å². The molecule has 0 unspecified atom stereocenters. The number of carbonyl (C=O) groups excluding carboxylic acids is 1. The van der Waals surface area contributed by atoms with E-state index in [1.54, 1.807) is 14.0 Å². The number of Topliss-reactive ketones (excluding diaryl/α,β-unsaturated/α-hetero) is 1. The van der Waals surface area contributed by atoms with Gasteiger partial charge in [-0.25, -0.2) is 0 Å². The van der Waals surface area contributed by atoms with Crippen molar-refractivity contribution in [3.05, 3.63) is 0 Å². The maximum Gasteiger partial charge on any atom is 0.129 e. The standard InChI is InChI=1S/C10H20O3/c1-10(11)6-3-4-8-13-9-5-7-12-2/h3-9H2,1-2H3. The second kappa shape index (κ2) is 9.68. The highest BCUT2D eigenvalue weighted by Gasteiger charge is 1.93. The predicted molar refractivity (Wildman–Crippen MR) is 51.8 cm³/mol. The second-order valence-corrected chi connectivity index (χ2v) is 3.12. The van der Waals surface area contributed by atoms with Crippen LogP contribution in [0.15, 0.2) is 0 Å². The Morgan fingerprint density at radius 1 is 1.08 bits per heavy atom. The summed E-state index contributed by atoms with van der Waals surface area (Å²) in [5.74, 6) is 0.263. The molecule has 0 bridgehead atoms. The largest absolute Gasteiger partial charge is 0.385 e. The molecule has 0 heterocycles. The minimum absolute atomic E-state index is 0.263. The summed E-state index contributed by atoms with van der Waals surface area (Å²) in [7, 11) is 1.69. The molecule has 0 aliphatic rings. The Morgan fingerprint density at radius 3 is 2.38 bits per heavy atom. The van der Waals surface area contributed by atoms with Crippen LogP contribution in [0.25, 0.3) is 0 Å². The van der Waals surface area contributed by atoms with Crippen LogP contribution in [0.1, 0.15) is 32.6 Å². The minimum atomic E-state index is 0.263. The van der Waals surface area contributed by atoms with Crippen LogP contribution in [0.3, 0.4) is 0 Å². The zero-order valence-electron chi connectivity index (χ0n) is 8.67. The van der Waals surface area contributed by atoms with Gasteiger partial charge in [0.1, 0.15) is 5.78 Å². The van der Waals surface area contributed by atoms with Gasteiger partial charge in [0, 0.05) is 33.4 Å². The number of rotatable bonds is 9. The summed E-state index contributed by atoms with van der Waals surface area (Å²) in [6.07, 6.45) is 3.55. The first kappa shape index (κ1) is 12.6. The third-order valence-electron chi connectivity index (χ3n) is 1.70. The van der Waals surface area contributed by atoms with Crippen LogP contribution in [0.4, 0.5) is 0 Å². The van der Waals surface area contributed by atoms with E-state index in [1.807, 2.05) is 0 Å². The van der Waals surface area contributed by atoms with Gasteiger partial charge in [-0.05, 0) is 26.2 Å².